The molecule has 0 spiro atoms. The molecular weight excluding hydrogens is 386 g/mol. The molecule has 0 N–H and O–H groups in total. The third-order valence-electron chi connectivity index (χ3n) is 5.44. The lowest BCUT2D eigenvalue weighted by Gasteiger charge is -2.10. The number of hydrogen-bond donors (Lipinski definition) is 0. The van der Waals surface area contributed by atoms with E-state index in [-0.39, 0.29) is 24.1 Å². The molecule has 1 atom stereocenters. The molecule has 1 saturated carbocycles. The fraction of sp³-hybridized carbons (Fsp3) is 0.348. The highest BCUT2D eigenvalue weighted by Gasteiger charge is 2.30. The summed E-state index contributed by atoms with van der Waals surface area (Å²) in [5.74, 6) is 0.933. The van der Waals surface area contributed by atoms with Crippen molar-refractivity contribution >= 4 is 17.4 Å². The van der Waals surface area contributed by atoms with Gasteiger partial charge in [0.05, 0.1) is 0 Å². The number of nitrogens with zero attached hydrogens (tertiary/aromatic N) is 3. The van der Waals surface area contributed by atoms with Crippen molar-refractivity contribution in [2.75, 3.05) is 0 Å². The Balaban J connectivity index is 1.48. The zero-order chi connectivity index (χ0) is 20.4. The number of carbonyl (C=O) groups excluding carboxylic acids is 1. The van der Waals surface area contributed by atoms with Gasteiger partial charge in [0.1, 0.15) is 6.54 Å². The second-order valence-electron chi connectivity index (χ2n) is 7.76. The van der Waals surface area contributed by atoms with Gasteiger partial charge in [-0.3, -0.25) is 9.36 Å². The maximum absolute atomic E-state index is 12.9. The maximum Gasteiger partial charge on any atom is 0.346 e. The maximum atomic E-state index is 12.9. The standard InChI is InChI=1S/C23H24ClN3O2/c1-16(17-5-3-2-4-6-17)7-14-21(28)15-26-23(29)27(20-12-13-20)22(25-26)18-8-10-19(24)11-9-18/h2-6,8-11,16,20H,7,12-15H2,1H3. The molecule has 2 aromatic carbocycles. The van der Waals surface area contributed by atoms with Crippen LogP contribution in [0.4, 0.5) is 0 Å². The number of carbonyl (C=O) groups is 1. The van der Waals surface area contributed by atoms with Gasteiger partial charge in [-0.2, -0.15) is 0 Å². The molecule has 1 aliphatic carbocycles. The van der Waals surface area contributed by atoms with Gasteiger partial charge in [-0.25, -0.2) is 9.48 Å². The number of ketones is 1. The zero-order valence-electron chi connectivity index (χ0n) is 16.4. The van der Waals surface area contributed by atoms with Crippen LogP contribution in [-0.4, -0.2) is 20.1 Å². The van der Waals surface area contributed by atoms with Gasteiger partial charge >= 0.3 is 5.69 Å². The molecule has 0 amide bonds. The second kappa shape index (κ2) is 8.37. The Kier molecular flexibility index (Phi) is 5.67. The molecule has 1 heterocycles. The molecule has 0 saturated heterocycles. The number of benzene rings is 2. The first-order valence-corrected chi connectivity index (χ1v) is 10.4. The molecule has 29 heavy (non-hydrogen) atoms. The van der Waals surface area contributed by atoms with E-state index in [0.29, 0.717) is 23.2 Å². The van der Waals surface area contributed by atoms with Crippen LogP contribution in [0.15, 0.2) is 59.4 Å². The van der Waals surface area contributed by atoms with Crippen LogP contribution in [0.3, 0.4) is 0 Å². The number of hydrogen-bond acceptors (Lipinski definition) is 3. The predicted molar refractivity (Wildman–Crippen MR) is 114 cm³/mol. The number of halogens is 1. The molecule has 4 rings (SSSR count). The van der Waals surface area contributed by atoms with Crippen molar-refractivity contribution in [3.63, 3.8) is 0 Å². The molecule has 0 aliphatic heterocycles. The van der Waals surface area contributed by atoms with E-state index in [1.54, 1.807) is 16.7 Å². The highest BCUT2D eigenvalue weighted by atomic mass is 35.5. The molecule has 1 aliphatic rings. The number of aromatic nitrogens is 3. The fourth-order valence-corrected chi connectivity index (χ4v) is 3.68. The van der Waals surface area contributed by atoms with Crippen LogP contribution >= 0.6 is 11.6 Å². The van der Waals surface area contributed by atoms with Crippen molar-refractivity contribution in [3.8, 4) is 11.4 Å². The van der Waals surface area contributed by atoms with Gasteiger partial charge in [-0.1, -0.05) is 48.9 Å². The van der Waals surface area contributed by atoms with E-state index >= 15 is 0 Å². The van der Waals surface area contributed by atoms with E-state index in [1.165, 1.54) is 10.2 Å². The highest BCUT2D eigenvalue weighted by Crippen LogP contribution is 2.36. The van der Waals surface area contributed by atoms with E-state index in [0.717, 1.165) is 24.8 Å². The lowest BCUT2D eigenvalue weighted by atomic mass is 9.95. The minimum atomic E-state index is -0.207. The minimum absolute atomic E-state index is 0.0145. The third kappa shape index (κ3) is 4.51. The van der Waals surface area contributed by atoms with Gasteiger partial charge in [0.25, 0.3) is 0 Å². The van der Waals surface area contributed by atoms with E-state index < -0.39 is 0 Å². The largest absolute Gasteiger partial charge is 0.346 e. The van der Waals surface area contributed by atoms with E-state index in [4.69, 9.17) is 11.6 Å². The number of rotatable bonds is 8. The number of Topliss-reactive ketones (excluding diaryl/α,β-unsaturated/α-hetero) is 1. The summed E-state index contributed by atoms with van der Waals surface area (Å²) < 4.78 is 3.04. The third-order valence-corrected chi connectivity index (χ3v) is 5.69. The molecule has 5 nitrogen and oxygen atoms in total. The quantitative estimate of drug-likeness (QED) is 0.534. The molecule has 3 aromatic rings. The smallest absolute Gasteiger partial charge is 0.298 e. The van der Waals surface area contributed by atoms with Crippen molar-refractivity contribution < 1.29 is 4.79 Å². The van der Waals surface area contributed by atoms with Gasteiger partial charge in [0.2, 0.25) is 0 Å². The van der Waals surface area contributed by atoms with Crippen LogP contribution in [0.2, 0.25) is 5.02 Å². The van der Waals surface area contributed by atoms with Crippen molar-refractivity contribution in [3.05, 3.63) is 75.7 Å². The van der Waals surface area contributed by atoms with E-state index in [1.807, 2.05) is 30.3 Å². The summed E-state index contributed by atoms with van der Waals surface area (Å²) in [4.78, 5) is 25.5. The first-order chi connectivity index (χ1) is 14.0. The summed E-state index contributed by atoms with van der Waals surface area (Å²) in [7, 11) is 0. The molecular formula is C23H24ClN3O2. The summed E-state index contributed by atoms with van der Waals surface area (Å²) in [6.45, 7) is 2.13. The Labute approximate surface area is 174 Å². The van der Waals surface area contributed by atoms with Crippen LogP contribution in [0.1, 0.15) is 50.1 Å². The average Bonchev–Trinajstić information content (AvgIpc) is 3.52. The zero-order valence-corrected chi connectivity index (χ0v) is 17.2. The molecule has 0 radical (unpaired) electrons. The SMILES string of the molecule is CC(CCC(=O)Cn1nc(-c2ccc(Cl)cc2)n(C2CC2)c1=O)c1ccccc1. The van der Waals surface area contributed by atoms with Gasteiger partial charge in [0.15, 0.2) is 11.6 Å². The van der Waals surface area contributed by atoms with Crippen molar-refractivity contribution in [1.82, 2.24) is 14.3 Å². The summed E-state index contributed by atoms with van der Waals surface area (Å²) in [5.41, 5.74) is 1.85. The lowest BCUT2D eigenvalue weighted by Crippen LogP contribution is -2.27. The van der Waals surface area contributed by atoms with Gasteiger partial charge in [0, 0.05) is 23.0 Å². The first-order valence-electron chi connectivity index (χ1n) is 10.0. The average molecular weight is 410 g/mol. The Hall–Kier alpha value is -2.66. The topological polar surface area (TPSA) is 56.9 Å². The highest BCUT2D eigenvalue weighted by molar-refractivity contribution is 6.30. The fourth-order valence-electron chi connectivity index (χ4n) is 3.55. The monoisotopic (exact) mass is 409 g/mol. The minimum Gasteiger partial charge on any atom is -0.298 e. The molecule has 1 aromatic heterocycles. The summed E-state index contributed by atoms with van der Waals surface area (Å²) in [5, 5.41) is 5.13. The van der Waals surface area contributed by atoms with Crippen molar-refractivity contribution in [1.29, 1.82) is 0 Å². The molecule has 0 bridgehead atoms. The van der Waals surface area contributed by atoms with Crippen LogP contribution in [-0.2, 0) is 11.3 Å². The normalized spacial score (nSPS) is 14.7. The van der Waals surface area contributed by atoms with E-state index in [9.17, 15) is 9.59 Å². The van der Waals surface area contributed by atoms with Crippen molar-refractivity contribution in [2.45, 2.75) is 51.1 Å². The lowest BCUT2D eigenvalue weighted by molar-refractivity contribution is -0.120. The Bertz CT molecular complexity index is 1050. The second-order valence-corrected chi connectivity index (χ2v) is 8.20. The van der Waals surface area contributed by atoms with Crippen LogP contribution in [0.25, 0.3) is 11.4 Å². The Morgan fingerprint density at radius 3 is 2.48 bits per heavy atom. The van der Waals surface area contributed by atoms with E-state index in [2.05, 4.69) is 24.2 Å². The first kappa shape index (κ1) is 19.6. The van der Waals surface area contributed by atoms with Crippen LogP contribution in [0.5, 0.6) is 0 Å². The Morgan fingerprint density at radius 1 is 1.14 bits per heavy atom. The van der Waals surface area contributed by atoms with Gasteiger partial charge < -0.3 is 0 Å². The summed E-state index contributed by atoms with van der Waals surface area (Å²) >= 11 is 5.98. The predicted octanol–water partition coefficient (Wildman–Crippen LogP) is 4.85. The molecule has 6 heteroatoms. The Morgan fingerprint density at radius 2 is 1.83 bits per heavy atom. The van der Waals surface area contributed by atoms with Gasteiger partial charge in [-0.15, -0.1) is 5.10 Å². The summed E-state index contributed by atoms with van der Waals surface area (Å²) in [6.07, 6.45) is 3.11. The molecule has 150 valence electrons. The van der Waals surface area contributed by atoms with Crippen LogP contribution in [0, 0.1) is 0 Å². The van der Waals surface area contributed by atoms with Crippen molar-refractivity contribution in [2.24, 2.45) is 0 Å². The molecule has 1 unspecified atom stereocenters. The van der Waals surface area contributed by atoms with Gasteiger partial charge in [-0.05, 0) is 55.0 Å². The summed E-state index contributed by atoms with van der Waals surface area (Å²) in [6, 6.07) is 17.6. The van der Waals surface area contributed by atoms with Crippen LogP contribution < -0.4 is 5.69 Å². The molecule has 1 fully saturated rings.